The summed E-state index contributed by atoms with van der Waals surface area (Å²) in [4.78, 5) is 2.67. The number of aryl methyl sites for hydroxylation is 1. The zero-order valence-corrected chi connectivity index (χ0v) is 18.1. The van der Waals surface area contributed by atoms with E-state index in [4.69, 9.17) is 23.2 Å². The summed E-state index contributed by atoms with van der Waals surface area (Å²) in [6, 6.07) is 15.0. The first-order valence-corrected chi connectivity index (χ1v) is 12.0. The lowest BCUT2D eigenvalue weighted by atomic mass is 10.1. The van der Waals surface area contributed by atoms with E-state index >= 15 is 0 Å². The average molecular weight is 441 g/mol. The molecule has 0 radical (unpaired) electrons. The van der Waals surface area contributed by atoms with Gasteiger partial charge in [0.2, 0.25) is 10.0 Å². The Hall–Kier alpha value is -1.11. The topological polar surface area (TPSA) is 49.4 Å². The molecule has 1 N–H and O–H groups in total. The number of hydrogen-bond acceptors (Lipinski definition) is 3. The predicted octanol–water partition coefficient (Wildman–Crippen LogP) is 4.45. The number of sulfonamides is 1. The van der Waals surface area contributed by atoms with Crippen LogP contribution in [0.15, 0.2) is 53.4 Å². The number of halogens is 2. The van der Waals surface area contributed by atoms with Crippen LogP contribution < -0.4 is 4.72 Å². The van der Waals surface area contributed by atoms with Gasteiger partial charge in [0.25, 0.3) is 0 Å². The molecule has 7 heteroatoms. The van der Waals surface area contributed by atoms with E-state index < -0.39 is 10.0 Å². The largest absolute Gasteiger partial charge is 0.299 e. The van der Waals surface area contributed by atoms with Crippen LogP contribution in [0.2, 0.25) is 5.02 Å². The van der Waals surface area contributed by atoms with Crippen LogP contribution in [0.25, 0.3) is 0 Å². The maximum atomic E-state index is 12.7. The SMILES string of the molecule is O=S(=O)(NC1CCN(Cc2ccc(Cl)cc2)CC1)c1ccc(CCCCl)cc1. The molecule has 0 unspecified atom stereocenters. The van der Waals surface area contributed by atoms with E-state index in [1.807, 2.05) is 36.4 Å². The highest BCUT2D eigenvalue weighted by molar-refractivity contribution is 7.89. The van der Waals surface area contributed by atoms with Crippen LogP contribution in [0.3, 0.4) is 0 Å². The Morgan fingerprint density at radius 3 is 2.18 bits per heavy atom. The second kappa shape index (κ2) is 10.1. The third-order valence-corrected chi connectivity index (χ3v) is 7.12. The second-order valence-electron chi connectivity index (χ2n) is 7.23. The van der Waals surface area contributed by atoms with E-state index in [0.717, 1.165) is 55.9 Å². The molecule has 1 aliphatic rings. The smallest absolute Gasteiger partial charge is 0.240 e. The Morgan fingerprint density at radius 1 is 0.964 bits per heavy atom. The normalized spacial score (nSPS) is 16.4. The molecule has 2 aromatic rings. The maximum Gasteiger partial charge on any atom is 0.240 e. The fourth-order valence-electron chi connectivity index (χ4n) is 3.45. The summed E-state index contributed by atoms with van der Waals surface area (Å²) >= 11 is 11.6. The van der Waals surface area contributed by atoms with Crippen molar-refractivity contribution in [3.8, 4) is 0 Å². The van der Waals surface area contributed by atoms with Gasteiger partial charge in [0, 0.05) is 36.6 Å². The molecule has 1 saturated heterocycles. The van der Waals surface area contributed by atoms with Crippen molar-refractivity contribution in [3.05, 3.63) is 64.7 Å². The van der Waals surface area contributed by atoms with Crippen molar-refractivity contribution < 1.29 is 8.42 Å². The Bertz CT molecular complexity index is 847. The number of rotatable bonds is 8. The lowest BCUT2D eigenvalue weighted by Crippen LogP contribution is -2.44. The van der Waals surface area contributed by atoms with Gasteiger partial charge in [0.1, 0.15) is 0 Å². The summed E-state index contributed by atoms with van der Waals surface area (Å²) < 4.78 is 28.2. The molecule has 152 valence electrons. The number of hydrogen-bond donors (Lipinski definition) is 1. The highest BCUT2D eigenvalue weighted by atomic mass is 35.5. The first-order valence-electron chi connectivity index (χ1n) is 9.60. The summed E-state index contributed by atoms with van der Waals surface area (Å²) in [7, 11) is -3.49. The van der Waals surface area contributed by atoms with Crippen LogP contribution in [-0.2, 0) is 23.0 Å². The lowest BCUT2D eigenvalue weighted by Gasteiger charge is -2.32. The zero-order valence-electron chi connectivity index (χ0n) is 15.8. The molecular weight excluding hydrogens is 415 g/mol. The summed E-state index contributed by atoms with van der Waals surface area (Å²) in [5.41, 5.74) is 2.33. The first kappa shape index (κ1) is 21.6. The molecule has 0 aliphatic carbocycles. The molecule has 4 nitrogen and oxygen atoms in total. The van der Waals surface area contributed by atoms with Gasteiger partial charge < -0.3 is 0 Å². The van der Waals surface area contributed by atoms with Gasteiger partial charge in [0.15, 0.2) is 0 Å². The van der Waals surface area contributed by atoms with E-state index in [1.165, 1.54) is 5.56 Å². The molecule has 2 aromatic carbocycles. The fraction of sp³-hybridized carbons (Fsp3) is 0.429. The van der Waals surface area contributed by atoms with Gasteiger partial charge in [-0.2, -0.15) is 0 Å². The maximum absolute atomic E-state index is 12.7. The van der Waals surface area contributed by atoms with Crippen LogP contribution in [0, 0.1) is 0 Å². The molecule has 28 heavy (non-hydrogen) atoms. The van der Waals surface area contributed by atoms with E-state index in [1.54, 1.807) is 12.1 Å². The minimum atomic E-state index is -3.49. The highest BCUT2D eigenvalue weighted by Crippen LogP contribution is 2.18. The third kappa shape index (κ3) is 6.19. The summed E-state index contributed by atoms with van der Waals surface area (Å²) in [6.45, 7) is 2.60. The second-order valence-corrected chi connectivity index (χ2v) is 9.76. The first-order chi connectivity index (χ1) is 13.5. The monoisotopic (exact) mass is 440 g/mol. The van der Waals surface area contributed by atoms with Crippen molar-refractivity contribution in [2.75, 3.05) is 19.0 Å². The highest BCUT2D eigenvalue weighted by Gasteiger charge is 2.24. The van der Waals surface area contributed by atoms with E-state index in [0.29, 0.717) is 10.8 Å². The zero-order chi connectivity index (χ0) is 20.0. The molecule has 0 aromatic heterocycles. The molecule has 3 rings (SSSR count). The molecule has 0 saturated carbocycles. The molecule has 1 fully saturated rings. The van der Waals surface area contributed by atoms with Gasteiger partial charge in [-0.05, 0) is 61.1 Å². The molecule has 1 heterocycles. The number of nitrogens with one attached hydrogen (secondary N) is 1. The minimum Gasteiger partial charge on any atom is -0.299 e. The van der Waals surface area contributed by atoms with E-state index in [2.05, 4.69) is 9.62 Å². The van der Waals surface area contributed by atoms with Crippen LogP contribution in [0.4, 0.5) is 0 Å². The Balaban J connectivity index is 1.51. The Morgan fingerprint density at radius 2 is 1.57 bits per heavy atom. The van der Waals surface area contributed by atoms with Crippen molar-refractivity contribution >= 4 is 33.2 Å². The van der Waals surface area contributed by atoms with Crippen LogP contribution >= 0.6 is 23.2 Å². The molecule has 1 aliphatic heterocycles. The molecule has 0 bridgehead atoms. The van der Waals surface area contributed by atoms with Crippen LogP contribution in [0.1, 0.15) is 30.4 Å². The quantitative estimate of drug-likeness (QED) is 0.616. The number of piperidine rings is 1. The third-order valence-electron chi connectivity index (χ3n) is 5.06. The van der Waals surface area contributed by atoms with Gasteiger partial charge in [-0.15, -0.1) is 11.6 Å². The predicted molar refractivity (Wildman–Crippen MR) is 116 cm³/mol. The van der Waals surface area contributed by atoms with E-state index in [9.17, 15) is 8.42 Å². The van der Waals surface area contributed by atoms with Gasteiger partial charge in [-0.25, -0.2) is 13.1 Å². The summed E-state index contributed by atoms with van der Waals surface area (Å²) in [5.74, 6) is 0.609. The van der Waals surface area contributed by atoms with Crippen LogP contribution in [0.5, 0.6) is 0 Å². The van der Waals surface area contributed by atoms with Crippen LogP contribution in [-0.4, -0.2) is 38.3 Å². The van der Waals surface area contributed by atoms with E-state index in [-0.39, 0.29) is 6.04 Å². The molecule has 0 atom stereocenters. The molecular formula is C21H26Cl2N2O2S. The van der Waals surface area contributed by atoms with Crippen molar-refractivity contribution in [2.45, 2.75) is 43.2 Å². The molecule has 0 spiro atoms. The minimum absolute atomic E-state index is 0.0256. The Kier molecular flexibility index (Phi) is 7.77. The number of benzene rings is 2. The van der Waals surface area contributed by atoms with Crippen molar-refractivity contribution in [3.63, 3.8) is 0 Å². The van der Waals surface area contributed by atoms with Crippen molar-refractivity contribution in [1.29, 1.82) is 0 Å². The summed E-state index contributed by atoms with van der Waals surface area (Å²) in [6.07, 6.45) is 3.37. The average Bonchev–Trinajstić information content (AvgIpc) is 2.70. The van der Waals surface area contributed by atoms with Crippen molar-refractivity contribution in [1.82, 2.24) is 9.62 Å². The lowest BCUT2D eigenvalue weighted by molar-refractivity contribution is 0.200. The van der Waals surface area contributed by atoms with Gasteiger partial charge >= 0.3 is 0 Å². The summed E-state index contributed by atoms with van der Waals surface area (Å²) in [5, 5.41) is 0.740. The van der Waals surface area contributed by atoms with Crippen molar-refractivity contribution in [2.24, 2.45) is 0 Å². The molecule has 0 amide bonds. The standard InChI is InChI=1S/C21H26Cl2N2O2S/c22-13-1-2-17-5-9-21(10-6-17)28(26,27)24-20-11-14-25(15-12-20)16-18-3-7-19(23)8-4-18/h3-10,20,24H,1-2,11-16H2. The fourth-order valence-corrected chi connectivity index (χ4v) is 5.02. The van der Waals surface area contributed by atoms with Gasteiger partial charge in [0.05, 0.1) is 4.90 Å². The van der Waals surface area contributed by atoms with Gasteiger partial charge in [-0.1, -0.05) is 35.9 Å². The number of alkyl halides is 1. The Labute approximate surface area is 177 Å². The van der Waals surface area contributed by atoms with Gasteiger partial charge in [-0.3, -0.25) is 4.90 Å². The number of likely N-dealkylation sites (tertiary alicyclic amines) is 1. The number of nitrogens with zero attached hydrogens (tertiary/aromatic N) is 1.